The molecule has 1 aromatic heterocycles. The molecule has 1 aliphatic rings. The molecule has 1 aliphatic carbocycles. The summed E-state index contributed by atoms with van der Waals surface area (Å²) in [5.41, 5.74) is -1.46. The van der Waals surface area contributed by atoms with Gasteiger partial charge in [0.25, 0.3) is 0 Å². The van der Waals surface area contributed by atoms with E-state index in [1.54, 1.807) is 0 Å². The van der Waals surface area contributed by atoms with E-state index in [0.29, 0.717) is 5.56 Å². The third kappa shape index (κ3) is 3.11. The zero-order chi connectivity index (χ0) is 23.2. The number of ketones is 1. The Kier molecular flexibility index (Phi) is 4.83. The number of ether oxygens (including phenoxy) is 1. The number of fused-ring (bicyclic) bond motifs is 2. The van der Waals surface area contributed by atoms with Crippen LogP contribution in [0.1, 0.15) is 31.8 Å². The van der Waals surface area contributed by atoms with E-state index < -0.39 is 52.0 Å². The van der Waals surface area contributed by atoms with Crippen LogP contribution in [0, 0.1) is 12.3 Å². The minimum absolute atomic E-state index is 0.0613. The molecule has 2 aromatic carbocycles. The van der Waals surface area contributed by atoms with Gasteiger partial charge >= 0.3 is 5.97 Å². The van der Waals surface area contributed by atoms with Crippen LogP contribution < -0.4 is 5.43 Å². The third-order valence-electron chi connectivity index (χ3n) is 5.02. The molecule has 9 nitrogen and oxygen atoms in total. The Hall–Kier alpha value is -4.71. The Balaban J connectivity index is 1.92. The second kappa shape index (κ2) is 7.52. The van der Waals surface area contributed by atoms with Crippen LogP contribution in [0.2, 0.25) is 0 Å². The van der Waals surface area contributed by atoms with Crippen molar-refractivity contribution in [1.82, 2.24) is 0 Å². The highest BCUT2D eigenvalue weighted by molar-refractivity contribution is 6.30. The first kappa shape index (κ1) is 20.6. The lowest BCUT2D eigenvalue weighted by atomic mass is 9.86. The van der Waals surface area contributed by atoms with Crippen LogP contribution >= 0.6 is 0 Å². The highest BCUT2D eigenvalue weighted by Gasteiger charge is 2.29. The number of phenols is 4. The van der Waals surface area contributed by atoms with E-state index >= 15 is 0 Å². The molecular weight excluding hydrogens is 420 g/mol. The number of carbonyl (C=O) groups excluding carboxylic acids is 2. The molecule has 0 spiro atoms. The minimum Gasteiger partial charge on any atom is -0.504 e. The van der Waals surface area contributed by atoms with Gasteiger partial charge in [-0.3, -0.25) is 9.59 Å². The van der Waals surface area contributed by atoms with Crippen LogP contribution in [-0.2, 0) is 11.2 Å². The van der Waals surface area contributed by atoms with Gasteiger partial charge in [-0.2, -0.15) is 0 Å². The van der Waals surface area contributed by atoms with E-state index in [1.807, 2.05) is 0 Å². The summed E-state index contributed by atoms with van der Waals surface area (Å²) >= 11 is 0. The summed E-state index contributed by atoms with van der Waals surface area (Å²) < 4.78 is 10.2. The van der Waals surface area contributed by atoms with Gasteiger partial charge in [-0.05, 0) is 24.1 Å². The highest BCUT2D eigenvalue weighted by atomic mass is 16.5. The average molecular weight is 434 g/mol. The van der Waals surface area contributed by atoms with Crippen LogP contribution in [0.5, 0.6) is 23.0 Å². The van der Waals surface area contributed by atoms with Crippen molar-refractivity contribution in [2.45, 2.75) is 6.42 Å². The molecule has 32 heavy (non-hydrogen) atoms. The van der Waals surface area contributed by atoms with Gasteiger partial charge in [0.05, 0.1) is 10.9 Å². The number of allylic oxidation sites excluding steroid dienone is 2. The smallest absolute Gasteiger partial charge is 0.343 e. The van der Waals surface area contributed by atoms with Gasteiger partial charge in [-0.15, -0.1) is 6.42 Å². The van der Waals surface area contributed by atoms with Crippen molar-refractivity contribution in [2.75, 3.05) is 6.61 Å². The van der Waals surface area contributed by atoms with Crippen molar-refractivity contribution in [2.24, 2.45) is 0 Å². The third-order valence-corrected chi connectivity index (χ3v) is 5.02. The van der Waals surface area contributed by atoms with E-state index in [-0.39, 0.29) is 34.5 Å². The van der Waals surface area contributed by atoms with Gasteiger partial charge in [0.15, 0.2) is 35.4 Å². The first-order valence-electron chi connectivity index (χ1n) is 9.15. The number of Topliss-reactive ketones (excluding diaryl/α,β-unsaturated/α-hetero) is 1. The van der Waals surface area contributed by atoms with Crippen LogP contribution in [0.3, 0.4) is 0 Å². The monoisotopic (exact) mass is 434 g/mol. The maximum Gasteiger partial charge on any atom is 0.343 e. The number of hydrogen-bond donors (Lipinski definition) is 4. The van der Waals surface area contributed by atoms with E-state index in [2.05, 4.69) is 5.92 Å². The topological polar surface area (TPSA) is 154 Å². The molecule has 0 unspecified atom stereocenters. The predicted octanol–water partition coefficient (Wildman–Crippen LogP) is 2.23. The fourth-order valence-corrected chi connectivity index (χ4v) is 3.51. The summed E-state index contributed by atoms with van der Waals surface area (Å²) in [4.78, 5) is 38.7. The maximum absolute atomic E-state index is 13.3. The first-order chi connectivity index (χ1) is 15.2. The van der Waals surface area contributed by atoms with E-state index in [9.17, 15) is 34.8 Å². The van der Waals surface area contributed by atoms with Crippen LogP contribution in [0.25, 0.3) is 16.5 Å². The quantitative estimate of drug-likeness (QED) is 0.276. The number of aromatic hydroxyl groups is 4. The van der Waals surface area contributed by atoms with Crippen molar-refractivity contribution in [1.29, 1.82) is 0 Å². The highest BCUT2D eigenvalue weighted by Crippen LogP contribution is 2.37. The molecule has 0 saturated heterocycles. The molecule has 0 fully saturated rings. The lowest BCUT2D eigenvalue weighted by Crippen LogP contribution is -2.19. The standard InChI is InChI=1S/C23H14O9/c1-2-5-31-23(30)19-18-17(8-16(26)22(19)29)32-9-13(21(18)28)11-4-3-10-6-14(24)15(25)7-12(10)20(11)27/h1,4,6-9,24-26,29H,3,5H2. The van der Waals surface area contributed by atoms with Gasteiger partial charge in [0.1, 0.15) is 17.4 Å². The molecule has 0 amide bonds. The Morgan fingerprint density at radius 2 is 1.78 bits per heavy atom. The largest absolute Gasteiger partial charge is 0.504 e. The SMILES string of the molecule is C#CCOC(=O)c1c(O)c(O)cc2occ(C3=CCc4cc(O)c(O)cc4C3=O)c(=O)c12. The fraction of sp³-hybridized carbons (Fsp3) is 0.0870. The van der Waals surface area contributed by atoms with Crippen molar-refractivity contribution in [3.63, 3.8) is 0 Å². The molecule has 0 radical (unpaired) electrons. The number of benzene rings is 2. The predicted molar refractivity (Wildman–Crippen MR) is 111 cm³/mol. The zero-order valence-corrected chi connectivity index (χ0v) is 16.2. The van der Waals surface area contributed by atoms with Crippen molar-refractivity contribution >= 4 is 28.3 Å². The number of phenolic OH excluding ortho intramolecular Hbond substituents is 4. The van der Waals surface area contributed by atoms with E-state index in [0.717, 1.165) is 18.4 Å². The van der Waals surface area contributed by atoms with Crippen molar-refractivity contribution in [3.8, 4) is 35.3 Å². The summed E-state index contributed by atoms with van der Waals surface area (Å²) in [7, 11) is 0. The molecule has 9 heteroatoms. The van der Waals surface area contributed by atoms with Gasteiger partial charge in [0.2, 0.25) is 5.43 Å². The molecule has 4 rings (SSSR count). The second-order valence-corrected chi connectivity index (χ2v) is 6.90. The summed E-state index contributed by atoms with van der Waals surface area (Å²) in [5.74, 6) is -2.22. The minimum atomic E-state index is -1.17. The number of terminal acetylenes is 1. The lowest BCUT2D eigenvalue weighted by Gasteiger charge is -2.17. The molecular formula is C23H14O9. The Labute approximate surface area is 179 Å². The maximum atomic E-state index is 13.3. The van der Waals surface area contributed by atoms with Crippen LogP contribution in [0.15, 0.2) is 39.7 Å². The van der Waals surface area contributed by atoms with Crippen LogP contribution in [0.4, 0.5) is 0 Å². The molecule has 3 aromatic rings. The lowest BCUT2D eigenvalue weighted by molar-refractivity contribution is 0.0555. The van der Waals surface area contributed by atoms with E-state index in [1.165, 1.54) is 12.1 Å². The Morgan fingerprint density at radius 1 is 1.06 bits per heavy atom. The van der Waals surface area contributed by atoms with E-state index in [4.69, 9.17) is 15.6 Å². The Morgan fingerprint density at radius 3 is 2.50 bits per heavy atom. The molecule has 0 bridgehead atoms. The summed E-state index contributed by atoms with van der Waals surface area (Å²) in [6.45, 7) is -0.447. The second-order valence-electron chi connectivity index (χ2n) is 6.90. The molecule has 0 saturated carbocycles. The molecule has 1 heterocycles. The number of esters is 1. The fourth-order valence-electron chi connectivity index (χ4n) is 3.51. The van der Waals surface area contributed by atoms with Gasteiger partial charge in [0, 0.05) is 17.2 Å². The number of carbonyl (C=O) groups is 2. The summed E-state index contributed by atoms with van der Waals surface area (Å²) in [6.07, 6.45) is 7.66. The zero-order valence-electron chi connectivity index (χ0n) is 16.2. The summed E-state index contributed by atoms with van der Waals surface area (Å²) in [6, 6.07) is 3.29. The van der Waals surface area contributed by atoms with Gasteiger partial charge in [-0.1, -0.05) is 12.0 Å². The van der Waals surface area contributed by atoms with Crippen molar-refractivity contribution < 1.29 is 39.2 Å². The van der Waals surface area contributed by atoms with Gasteiger partial charge < -0.3 is 29.6 Å². The van der Waals surface area contributed by atoms with Gasteiger partial charge in [-0.25, -0.2) is 4.79 Å². The van der Waals surface area contributed by atoms with Crippen LogP contribution in [-0.4, -0.2) is 38.8 Å². The number of hydrogen-bond acceptors (Lipinski definition) is 9. The summed E-state index contributed by atoms with van der Waals surface area (Å²) in [5, 5.41) is 39.1. The molecule has 160 valence electrons. The van der Waals surface area contributed by atoms with Crippen molar-refractivity contribution in [3.05, 3.63) is 63.0 Å². The normalized spacial score (nSPS) is 12.7. The number of rotatable bonds is 3. The molecule has 0 atom stereocenters. The Bertz CT molecular complexity index is 1450. The molecule has 4 N–H and O–H groups in total. The first-order valence-corrected chi connectivity index (χ1v) is 9.15. The average Bonchev–Trinajstić information content (AvgIpc) is 2.76. The molecule has 0 aliphatic heterocycles.